The SMILES string of the molecule is CNCCC=Cc1ccc(-c2ccccc2)cc1. The van der Waals surface area contributed by atoms with Crippen LogP contribution in [0.4, 0.5) is 0 Å². The van der Waals surface area contributed by atoms with E-state index in [0.717, 1.165) is 13.0 Å². The summed E-state index contributed by atoms with van der Waals surface area (Å²) in [5, 5.41) is 3.13. The van der Waals surface area contributed by atoms with Crippen LogP contribution in [-0.4, -0.2) is 13.6 Å². The molecular weight excluding hydrogens is 218 g/mol. The summed E-state index contributed by atoms with van der Waals surface area (Å²) in [5.41, 5.74) is 3.79. The average Bonchev–Trinajstić information content (AvgIpc) is 2.45. The maximum atomic E-state index is 3.13. The predicted molar refractivity (Wildman–Crippen MR) is 79.5 cm³/mol. The smallest absolute Gasteiger partial charge is 0.00172 e. The van der Waals surface area contributed by atoms with E-state index in [0.29, 0.717) is 0 Å². The van der Waals surface area contributed by atoms with Gasteiger partial charge in [-0.2, -0.15) is 0 Å². The van der Waals surface area contributed by atoms with Gasteiger partial charge in [0.05, 0.1) is 0 Å². The third-order valence-electron chi connectivity index (χ3n) is 2.89. The summed E-state index contributed by atoms with van der Waals surface area (Å²) in [7, 11) is 1.97. The second-order valence-corrected chi connectivity index (χ2v) is 4.28. The summed E-state index contributed by atoms with van der Waals surface area (Å²) in [6.07, 6.45) is 5.44. The van der Waals surface area contributed by atoms with E-state index in [1.165, 1.54) is 16.7 Å². The van der Waals surface area contributed by atoms with Crippen molar-refractivity contribution < 1.29 is 0 Å². The van der Waals surface area contributed by atoms with Gasteiger partial charge in [0.25, 0.3) is 0 Å². The number of benzene rings is 2. The molecule has 18 heavy (non-hydrogen) atoms. The lowest BCUT2D eigenvalue weighted by Gasteiger charge is -2.01. The molecule has 0 radical (unpaired) electrons. The maximum absolute atomic E-state index is 3.13. The topological polar surface area (TPSA) is 12.0 Å². The predicted octanol–water partition coefficient (Wildman–Crippen LogP) is 3.98. The van der Waals surface area contributed by atoms with E-state index in [4.69, 9.17) is 0 Å². The quantitative estimate of drug-likeness (QED) is 0.776. The van der Waals surface area contributed by atoms with Crippen LogP contribution < -0.4 is 5.32 Å². The van der Waals surface area contributed by atoms with Crippen molar-refractivity contribution in [1.29, 1.82) is 0 Å². The van der Waals surface area contributed by atoms with Gasteiger partial charge in [0.15, 0.2) is 0 Å². The summed E-state index contributed by atoms with van der Waals surface area (Å²) in [6.45, 7) is 1.03. The van der Waals surface area contributed by atoms with Crippen LogP contribution in [0.3, 0.4) is 0 Å². The van der Waals surface area contributed by atoms with Gasteiger partial charge < -0.3 is 5.32 Å². The van der Waals surface area contributed by atoms with Crippen molar-refractivity contribution in [2.75, 3.05) is 13.6 Å². The Morgan fingerprint density at radius 2 is 1.56 bits per heavy atom. The number of rotatable bonds is 5. The molecule has 0 aliphatic rings. The van der Waals surface area contributed by atoms with Gasteiger partial charge in [0.1, 0.15) is 0 Å². The molecule has 0 fully saturated rings. The van der Waals surface area contributed by atoms with E-state index in [1.807, 2.05) is 13.1 Å². The van der Waals surface area contributed by atoms with Crippen molar-refractivity contribution in [3.63, 3.8) is 0 Å². The van der Waals surface area contributed by atoms with E-state index < -0.39 is 0 Å². The Morgan fingerprint density at radius 1 is 0.889 bits per heavy atom. The van der Waals surface area contributed by atoms with Crippen molar-refractivity contribution >= 4 is 6.08 Å². The molecule has 0 saturated carbocycles. The largest absolute Gasteiger partial charge is 0.319 e. The minimum Gasteiger partial charge on any atom is -0.319 e. The van der Waals surface area contributed by atoms with Gasteiger partial charge in [-0.3, -0.25) is 0 Å². The first-order chi connectivity index (χ1) is 8.90. The van der Waals surface area contributed by atoms with Crippen LogP contribution in [0.2, 0.25) is 0 Å². The van der Waals surface area contributed by atoms with Crippen molar-refractivity contribution in [2.45, 2.75) is 6.42 Å². The summed E-state index contributed by atoms with van der Waals surface area (Å²) in [6, 6.07) is 19.1. The van der Waals surface area contributed by atoms with Crippen LogP contribution in [0.1, 0.15) is 12.0 Å². The third kappa shape index (κ3) is 3.57. The molecule has 0 heterocycles. The van der Waals surface area contributed by atoms with Gasteiger partial charge in [-0.15, -0.1) is 0 Å². The first-order valence-electron chi connectivity index (χ1n) is 6.37. The average molecular weight is 237 g/mol. The highest BCUT2D eigenvalue weighted by Crippen LogP contribution is 2.19. The number of nitrogens with one attached hydrogen (secondary N) is 1. The van der Waals surface area contributed by atoms with E-state index >= 15 is 0 Å². The molecule has 1 heteroatoms. The van der Waals surface area contributed by atoms with Crippen LogP contribution >= 0.6 is 0 Å². The molecule has 0 unspecified atom stereocenters. The Morgan fingerprint density at radius 3 is 2.22 bits per heavy atom. The summed E-state index contributed by atoms with van der Waals surface area (Å²) in [4.78, 5) is 0. The third-order valence-corrected chi connectivity index (χ3v) is 2.89. The van der Waals surface area contributed by atoms with E-state index in [2.05, 4.69) is 66.0 Å². The normalized spacial score (nSPS) is 10.9. The summed E-state index contributed by atoms with van der Waals surface area (Å²) >= 11 is 0. The molecule has 0 aromatic heterocycles. The highest BCUT2D eigenvalue weighted by molar-refractivity contribution is 5.65. The molecule has 0 aliphatic carbocycles. The Balaban J connectivity index is 2.04. The van der Waals surface area contributed by atoms with Gasteiger partial charge >= 0.3 is 0 Å². The first-order valence-corrected chi connectivity index (χ1v) is 6.37. The number of hydrogen-bond acceptors (Lipinski definition) is 1. The minimum absolute atomic E-state index is 1.03. The van der Waals surface area contributed by atoms with E-state index in [-0.39, 0.29) is 0 Å². The zero-order valence-corrected chi connectivity index (χ0v) is 10.8. The highest BCUT2D eigenvalue weighted by atomic mass is 14.8. The summed E-state index contributed by atoms with van der Waals surface area (Å²) in [5.74, 6) is 0. The van der Waals surface area contributed by atoms with Gasteiger partial charge in [-0.05, 0) is 36.7 Å². The maximum Gasteiger partial charge on any atom is -0.00172 e. The molecule has 0 saturated heterocycles. The Hall–Kier alpha value is -1.86. The lowest BCUT2D eigenvalue weighted by Crippen LogP contribution is -2.05. The fraction of sp³-hybridized carbons (Fsp3) is 0.176. The van der Waals surface area contributed by atoms with Crippen molar-refractivity contribution in [1.82, 2.24) is 5.32 Å². The molecule has 1 nitrogen and oxygen atoms in total. The molecule has 0 atom stereocenters. The van der Waals surface area contributed by atoms with E-state index in [9.17, 15) is 0 Å². The van der Waals surface area contributed by atoms with Crippen LogP contribution in [0.25, 0.3) is 17.2 Å². The zero-order chi connectivity index (χ0) is 12.6. The van der Waals surface area contributed by atoms with E-state index in [1.54, 1.807) is 0 Å². The Bertz CT molecular complexity index is 483. The zero-order valence-electron chi connectivity index (χ0n) is 10.8. The molecule has 2 aromatic carbocycles. The highest BCUT2D eigenvalue weighted by Gasteiger charge is 1.95. The molecular formula is C17H19N. The second-order valence-electron chi connectivity index (χ2n) is 4.28. The molecule has 0 bridgehead atoms. The second kappa shape index (κ2) is 6.77. The van der Waals surface area contributed by atoms with Gasteiger partial charge in [-0.25, -0.2) is 0 Å². The number of hydrogen-bond donors (Lipinski definition) is 1. The molecule has 0 aliphatic heterocycles. The van der Waals surface area contributed by atoms with Crippen molar-refractivity contribution in [3.05, 3.63) is 66.2 Å². The fourth-order valence-electron chi connectivity index (χ4n) is 1.86. The van der Waals surface area contributed by atoms with Crippen LogP contribution in [-0.2, 0) is 0 Å². The van der Waals surface area contributed by atoms with Crippen LogP contribution in [0, 0.1) is 0 Å². The van der Waals surface area contributed by atoms with Crippen LogP contribution in [0.5, 0.6) is 0 Å². The molecule has 1 N–H and O–H groups in total. The van der Waals surface area contributed by atoms with Gasteiger partial charge in [0, 0.05) is 0 Å². The van der Waals surface area contributed by atoms with Crippen molar-refractivity contribution in [2.24, 2.45) is 0 Å². The van der Waals surface area contributed by atoms with Gasteiger partial charge in [0.2, 0.25) is 0 Å². The minimum atomic E-state index is 1.03. The molecule has 92 valence electrons. The first kappa shape index (κ1) is 12.6. The lowest BCUT2D eigenvalue weighted by molar-refractivity contribution is 0.809. The Kier molecular flexibility index (Phi) is 4.74. The van der Waals surface area contributed by atoms with Gasteiger partial charge in [-0.1, -0.05) is 66.7 Å². The van der Waals surface area contributed by atoms with Crippen LogP contribution in [0.15, 0.2) is 60.7 Å². The molecule has 2 rings (SSSR count). The molecule has 0 spiro atoms. The molecule has 0 amide bonds. The molecule has 2 aromatic rings. The standard InChI is InChI=1S/C17H19N/c1-18-14-6-5-7-15-10-12-17(13-11-15)16-8-3-2-4-9-16/h2-5,7-13,18H,6,14H2,1H3. The fourth-order valence-corrected chi connectivity index (χ4v) is 1.86. The Labute approximate surface area is 109 Å². The summed E-state index contributed by atoms with van der Waals surface area (Å²) < 4.78 is 0. The monoisotopic (exact) mass is 237 g/mol. The lowest BCUT2D eigenvalue weighted by atomic mass is 10.0. The van der Waals surface area contributed by atoms with Crippen molar-refractivity contribution in [3.8, 4) is 11.1 Å².